The molecule has 0 aliphatic carbocycles. The summed E-state index contributed by atoms with van der Waals surface area (Å²) in [5.74, 6) is -0.688. The molecule has 84 heavy (non-hydrogen) atoms. The molecule has 0 saturated carbocycles. The molecule has 0 bridgehead atoms. The Labute approximate surface area is 519 Å². The Kier molecular flexibility index (Phi) is 59.7. The molecule has 0 spiro atoms. The van der Waals surface area contributed by atoms with E-state index < -0.39 is 74.2 Å². The SMILES string of the molecule is CCCCCCCCCCCCCC/C=C\CCCCCCCCCCCCCCCCCCC(O)C(=O)NC(COC1OC(CO)C(O)C(O)C1O)C(O)C(O)CCCCCCCCCCCCCCCCCCCCCCCCCCC. The minimum Gasteiger partial charge on any atom is -0.394 e. The Balaban J connectivity index is 2.16. The molecule has 1 rings (SSSR count). The second-order valence-corrected chi connectivity index (χ2v) is 26.4. The van der Waals surface area contributed by atoms with Gasteiger partial charge in [-0.15, -0.1) is 0 Å². The maximum absolute atomic E-state index is 13.3. The molecule has 0 radical (unpaired) electrons. The second-order valence-electron chi connectivity index (χ2n) is 26.4. The van der Waals surface area contributed by atoms with Gasteiger partial charge in [0.25, 0.3) is 0 Å². The van der Waals surface area contributed by atoms with Crippen molar-refractivity contribution in [1.82, 2.24) is 5.32 Å². The number of hydrogen-bond acceptors (Lipinski definition) is 10. The van der Waals surface area contributed by atoms with Gasteiger partial charge in [-0.3, -0.25) is 4.79 Å². The van der Waals surface area contributed by atoms with Gasteiger partial charge < -0.3 is 50.5 Å². The molecule has 1 aliphatic heterocycles. The minimum absolute atomic E-state index is 0.265. The molecule has 1 aliphatic rings. The molecule has 1 saturated heterocycles. The highest BCUT2D eigenvalue weighted by Crippen LogP contribution is 2.24. The standard InChI is InChI=1S/C73H143NO10/c1-3-5-7-9-11-13-15-17-19-21-23-25-27-29-30-31-32-33-34-35-37-39-41-43-45-47-49-51-53-55-57-59-61-66(77)72(82)74-64(63-83-73-71(81)70(80)69(79)67(62-75)84-73)68(78)65(76)60-58-56-54-52-50-48-46-44-42-40-38-36-28-26-24-22-20-18-16-14-12-10-8-6-4-2/h29-30,64-71,73,75-81H,3-28,31-63H2,1-2H3,(H,74,82)/b30-29-. The van der Waals surface area contributed by atoms with Crippen molar-refractivity contribution in [2.24, 2.45) is 0 Å². The summed E-state index contributed by atoms with van der Waals surface area (Å²) in [6.07, 6.45) is 65.9. The lowest BCUT2D eigenvalue weighted by Gasteiger charge is -2.40. The fourth-order valence-electron chi connectivity index (χ4n) is 12.4. The van der Waals surface area contributed by atoms with Crippen LogP contribution in [0.4, 0.5) is 0 Å². The first-order valence-corrected chi connectivity index (χ1v) is 37.1. The van der Waals surface area contributed by atoms with E-state index >= 15 is 0 Å². The number of ether oxygens (including phenoxy) is 2. The van der Waals surface area contributed by atoms with E-state index in [1.165, 1.54) is 302 Å². The van der Waals surface area contributed by atoms with Crippen LogP contribution in [-0.4, -0.2) is 110 Å². The van der Waals surface area contributed by atoms with Gasteiger partial charge in [-0.2, -0.15) is 0 Å². The van der Waals surface area contributed by atoms with Gasteiger partial charge in [-0.05, 0) is 38.5 Å². The van der Waals surface area contributed by atoms with Crippen LogP contribution >= 0.6 is 0 Å². The van der Waals surface area contributed by atoms with E-state index in [0.717, 1.165) is 38.5 Å². The predicted octanol–water partition coefficient (Wildman–Crippen LogP) is 18.2. The first-order valence-electron chi connectivity index (χ1n) is 37.1. The van der Waals surface area contributed by atoms with E-state index in [9.17, 15) is 40.5 Å². The molecule has 1 heterocycles. The van der Waals surface area contributed by atoms with Gasteiger partial charge in [0.15, 0.2) is 6.29 Å². The van der Waals surface area contributed by atoms with E-state index in [1.54, 1.807) is 0 Å². The lowest BCUT2D eigenvalue weighted by atomic mass is 9.98. The van der Waals surface area contributed by atoms with Crippen LogP contribution in [0.5, 0.6) is 0 Å². The highest BCUT2D eigenvalue weighted by atomic mass is 16.7. The van der Waals surface area contributed by atoms with Gasteiger partial charge >= 0.3 is 0 Å². The monoisotopic (exact) mass is 1190 g/mol. The average Bonchev–Trinajstić information content (AvgIpc) is 3.69. The Bertz CT molecular complexity index is 1370. The maximum Gasteiger partial charge on any atom is 0.249 e. The first kappa shape index (κ1) is 80.9. The molecule has 500 valence electrons. The molecule has 11 heteroatoms. The van der Waals surface area contributed by atoms with E-state index in [2.05, 4.69) is 31.3 Å². The Morgan fingerprint density at radius 3 is 1.00 bits per heavy atom. The van der Waals surface area contributed by atoms with Crippen LogP contribution < -0.4 is 5.32 Å². The topological polar surface area (TPSA) is 189 Å². The highest BCUT2D eigenvalue weighted by Gasteiger charge is 2.44. The number of nitrogens with one attached hydrogen (secondary N) is 1. The van der Waals surface area contributed by atoms with Crippen molar-refractivity contribution >= 4 is 5.91 Å². The summed E-state index contributed by atoms with van der Waals surface area (Å²) in [4.78, 5) is 13.3. The van der Waals surface area contributed by atoms with Crippen molar-refractivity contribution in [2.45, 2.75) is 435 Å². The van der Waals surface area contributed by atoms with Gasteiger partial charge in [0.2, 0.25) is 5.91 Å². The summed E-state index contributed by atoms with van der Waals surface area (Å²) >= 11 is 0. The number of aliphatic hydroxyl groups excluding tert-OH is 7. The highest BCUT2D eigenvalue weighted by molar-refractivity contribution is 5.80. The molecule has 9 atom stereocenters. The fraction of sp³-hybridized carbons (Fsp3) is 0.959. The molecule has 0 aromatic carbocycles. The summed E-state index contributed by atoms with van der Waals surface area (Å²) in [5, 5.41) is 76.6. The van der Waals surface area contributed by atoms with Crippen molar-refractivity contribution < 1.29 is 50.0 Å². The van der Waals surface area contributed by atoms with Crippen LogP contribution in [0.3, 0.4) is 0 Å². The van der Waals surface area contributed by atoms with Crippen LogP contribution in [0, 0.1) is 0 Å². The second kappa shape index (κ2) is 62.1. The summed E-state index contributed by atoms with van der Waals surface area (Å²) in [6, 6.07) is -1.17. The minimum atomic E-state index is -1.66. The molecule has 11 nitrogen and oxygen atoms in total. The normalized spacial score (nSPS) is 18.9. The van der Waals surface area contributed by atoms with Crippen LogP contribution in [0.15, 0.2) is 12.2 Å². The third-order valence-electron chi connectivity index (χ3n) is 18.3. The fourth-order valence-corrected chi connectivity index (χ4v) is 12.4. The Morgan fingerprint density at radius 2 is 0.690 bits per heavy atom. The quantitative estimate of drug-likeness (QED) is 0.0215. The van der Waals surface area contributed by atoms with Crippen LogP contribution in [-0.2, 0) is 14.3 Å². The Hall–Kier alpha value is -1.15. The number of unbranched alkanes of at least 4 members (excludes halogenated alkanes) is 52. The number of amides is 1. The van der Waals surface area contributed by atoms with E-state index in [1.807, 2.05) is 0 Å². The first-order chi connectivity index (χ1) is 41.2. The number of allylic oxidation sites excluding steroid dienone is 2. The lowest BCUT2D eigenvalue weighted by Crippen LogP contribution is -2.60. The number of carbonyl (C=O) groups is 1. The van der Waals surface area contributed by atoms with Crippen molar-refractivity contribution in [2.75, 3.05) is 13.2 Å². The van der Waals surface area contributed by atoms with Gasteiger partial charge in [0.1, 0.15) is 36.6 Å². The number of hydrogen-bond donors (Lipinski definition) is 8. The van der Waals surface area contributed by atoms with E-state index in [-0.39, 0.29) is 6.42 Å². The van der Waals surface area contributed by atoms with Gasteiger partial charge in [0.05, 0.1) is 25.4 Å². The number of rotatable bonds is 66. The molecule has 0 aromatic rings. The zero-order valence-corrected chi connectivity index (χ0v) is 55.4. The summed E-state index contributed by atoms with van der Waals surface area (Å²) < 4.78 is 11.2. The smallest absolute Gasteiger partial charge is 0.249 e. The van der Waals surface area contributed by atoms with Crippen molar-refractivity contribution in [1.29, 1.82) is 0 Å². The summed E-state index contributed by atoms with van der Waals surface area (Å²) in [5.41, 5.74) is 0. The molecule has 9 unspecified atom stereocenters. The van der Waals surface area contributed by atoms with Crippen molar-refractivity contribution in [3.8, 4) is 0 Å². The van der Waals surface area contributed by atoms with Crippen LogP contribution in [0.1, 0.15) is 380 Å². The van der Waals surface area contributed by atoms with Gasteiger partial charge in [-0.1, -0.05) is 353 Å². The van der Waals surface area contributed by atoms with Gasteiger partial charge in [-0.25, -0.2) is 0 Å². The largest absolute Gasteiger partial charge is 0.394 e. The maximum atomic E-state index is 13.3. The molecule has 1 amide bonds. The lowest BCUT2D eigenvalue weighted by molar-refractivity contribution is -0.303. The van der Waals surface area contributed by atoms with Crippen LogP contribution in [0.25, 0.3) is 0 Å². The molecule has 8 N–H and O–H groups in total. The van der Waals surface area contributed by atoms with Crippen molar-refractivity contribution in [3.05, 3.63) is 12.2 Å². The molecule has 0 aromatic heterocycles. The number of aliphatic hydroxyl groups is 7. The van der Waals surface area contributed by atoms with Crippen LogP contribution in [0.2, 0.25) is 0 Å². The average molecular weight is 1190 g/mol. The van der Waals surface area contributed by atoms with Crippen molar-refractivity contribution in [3.63, 3.8) is 0 Å². The van der Waals surface area contributed by atoms with E-state index in [0.29, 0.717) is 19.3 Å². The molecule has 1 fully saturated rings. The summed E-state index contributed by atoms with van der Waals surface area (Å²) in [7, 11) is 0. The third kappa shape index (κ3) is 48.7. The molecular weight excluding hydrogens is 1050 g/mol. The Morgan fingerprint density at radius 1 is 0.405 bits per heavy atom. The van der Waals surface area contributed by atoms with E-state index in [4.69, 9.17) is 9.47 Å². The zero-order valence-electron chi connectivity index (χ0n) is 55.4. The third-order valence-corrected chi connectivity index (χ3v) is 18.3. The predicted molar refractivity (Wildman–Crippen MR) is 353 cm³/mol. The zero-order chi connectivity index (χ0) is 61.0. The summed E-state index contributed by atoms with van der Waals surface area (Å²) in [6.45, 7) is 3.53. The van der Waals surface area contributed by atoms with Gasteiger partial charge in [0, 0.05) is 0 Å². The number of carbonyl (C=O) groups excluding carboxylic acids is 1. The molecular formula is C73H143NO10.